The summed E-state index contributed by atoms with van der Waals surface area (Å²) >= 11 is 0. The van der Waals surface area contributed by atoms with Crippen molar-refractivity contribution in [3.05, 3.63) is 41.7 Å². The maximum absolute atomic E-state index is 12.9. The number of aromatic nitrogens is 2. The number of rotatable bonds is 5. The Labute approximate surface area is 171 Å². The first kappa shape index (κ1) is 21.9. The third kappa shape index (κ3) is 4.91. The number of hydrogen-bond acceptors (Lipinski definition) is 4. The molecule has 152 valence electrons. The van der Waals surface area contributed by atoms with E-state index in [0.29, 0.717) is 12.2 Å². The summed E-state index contributed by atoms with van der Waals surface area (Å²) in [6.45, 7) is 7.02. The molecule has 0 radical (unpaired) electrons. The van der Waals surface area contributed by atoms with Crippen molar-refractivity contribution in [2.24, 2.45) is 18.9 Å². The highest BCUT2D eigenvalue weighted by atomic mass is 35.5. The number of halogens is 1. The smallest absolute Gasteiger partial charge is 0.229 e. The van der Waals surface area contributed by atoms with Crippen molar-refractivity contribution in [3.63, 3.8) is 0 Å². The van der Waals surface area contributed by atoms with Crippen LogP contribution in [0.4, 0.5) is 11.4 Å². The number of nitrogens with one attached hydrogen (secondary N) is 3. The number of nitrogens with zero attached hydrogens (tertiary/aromatic N) is 2. The molecule has 2 heterocycles. The first-order valence-electron chi connectivity index (χ1n) is 9.26. The molecule has 1 fully saturated rings. The molecule has 0 spiro atoms. The molecule has 2 aromatic rings. The fourth-order valence-corrected chi connectivity index (χ4v) is 3.28. The number of aryl methyl sites for hydroxylation is 2. The van der Waals surface area contributed by atoms with Crippen LogP contribution in [0.2, 0.25) is 0 Å². The number of benzene rings is 1. The largest absolute Gasteiger partial charge is 0.326 e. The number of carbonyl (C=O) groups is 2. The van der Waals surface area contributed by atoms with E-state index in [1.165, 1.54) is 0 Å². The third-order valence-electron chi connectivity index (χ3n) is 4.99. The Hall–Kier alpha value is -2.38. The highest BCUT2D eigenvalue weighted by Crippen LogP contribution is 2.30. The molecule has 0 aliphatic carbocycles. The zero-order chi connectivity index (χ0) is 19.6. The average molecular weight is 406 g/mol. The van der Waals surface area contributed by atoms with Crippen molar-refractivity contribution in [1.82, 2.24) is 15.1 Å². The van der Waals surface area contributed by atoms with Crippen LogP contribution in [-0.4, -0.2) is 34.7 Å². The monoisotopic (exact) mass is 405 g/mol. The molecule has 1 aromatic carbocycles. The standard InChI is InChI=1S/C20H27N5O2.ClH/c1-12(2)19(26)23-15-6-5-13(3)18(7-15)24-20(27)17-10-21-9-16(17)14-8-22-25(4)11-14;/h5-8,11-12,16-17,21H,9-10H2,1-4H3,(H,23,26)(H,24,27);1H/t16-,17+;/m1./s1. The molecule has 0 bridgehead atoms. The van der Waals surface area contributed by atoms with E-state index in [-0.39, 0.29) is 42.0 Å². The lowest BCUT2D eigenvalue weighted by Gasteiger charge is -2.18. The van der Waals surface area contributed by atoms with E-state index in [1.807, 2.05) is 58.4 Å². The Balaban J connectivity index is 0.00000280. The predicted octanol–water partition coefficient (Wildman–Crippen LogP) is 2.69. The van der Waals surface area contributed by atoms with E-state index in [4.69, 9.17) is 0 Å². The summed E-state index contributed by atoms with van der Waals surface area (Å²) < 4.78 is 1.76. The zero-order valence-corrected chi connectivity index (χ0v) is 17.5. The van der Waals surface area contributed by atoms with Gasteiger partial charge < -0.3 is 16.0 Å². The molecule has 1 aliphatic heterocycles. The van der Waals surface area contributed by atoms with Gasteiger partial charge in [0.05, 0.1) is 12.1 Å². The van der Waals surface area contributed by atoms with Gasteiger partial charge in [-0.3, -0.25) is 14.3 Å². The number of hydrogen-bond donors (Lipinski definition) is 3. The lowest BCUT2D eigenvalue weighted by molar-refractivity contribution is -0.120. The highest BCUT2D eigenvalue weighted by Gasteiger charge is 2.34. The predicted molar refractivity (Wildman–Crippen MR) is 113 cm³/mol. The summed E-state index contributed by atoms with van der Waals surface area (Å²) in [5, 5.41) is 13.4. The van der Waals surface area contributed by atoms with Gasteiger partial charge in [0, 0.05) is 49.5 Å². The van der Waals surface area contributed by atoms with Gasteiger partial charge in [0.25, 0.3) is 0 Å². The number of anilines is 2. The summed E-state index contributed by atoms with van der Waals surface area (Å²) in [7, 11) is 1.88. The second-order valence-electron chi connectivity index (χ2n) is 7.48. The van der Waals surface area contributed by atoms with Crippen molar-refractivity contribution < 1.29 is 9.59 Å². The SMILES string of the molecule is Cc1ccc(NC(=O)C(C)C)cc1NC(=O)[C@H]1CNC[C@@H]1c1cnn(C)c1.Cl. The fraction of sp³-hybridized carbons (Fsp3) is 0.450. The van der Waals surface area contributed by atoms with E-state index in [2.05, 4.69) is 21.0 Å². The molecule has 1 saturated heterocycles. The fourth-order valence-electron chi connectivity index (χ4n) is 3.28. The third-order valence-corrected chi connectivity index (χ3v) is 4.99. The minimum absolute atomic E-state index is 0. The summed E-state index contributed by atoms with van der Waals surface area (Å²) in [4.78, 5) is 24.9. The van der Waals surface area contributed by atoms with Gasteiger partial charge in [-0.15, -0.1) is 12.4 Å². The molecule has 1 aromatic heterocycles. The molecular weight excluding hydrogens is 378 g/mol. The summed E-state index contributed by atoms with van der Waals surface area (Å²) in [5.41, 5.74) is 3.42. The summed E-state index contributed by atoms with van der Waals surface area (Å²) in [5.74, 6) is -0.239. The maximum Gasteiger partial charge on any atom is 0.229 e. The number of carbonyl (C=O) groups excluding carboxylic acids is 2. The Morgan fingerprint density at radius 2 is 2.00 bits per heavy atom. The van der Waals surface area contributed by atoms with Gasteiger partial charge >= 0.3 is 0 Å². The Kier molecular flexibility index (Phi) is 7.21. The molecule has 3 rings (SSSR count). The highest BCUT2D eigenvalue weighted by molar-refractivity contribution is 5.96. The van der Waals surface area contributed by atoms with Gasteiger partial charge in [-0.2, -0.15) is 5.10 Å². The van der Waals surface area contributed by atoms with Gasteiger partial charge in [-0.25, -0.2) is 0 Å². The molecule has 3 N–H and O–H groups in total. The Bertz CT molecular complexity index is 849. The van der Waals surface area contributed by atoms with Crippen LogP contribution in [0.3, 0.4) is 0 Å². The van der Waals surface area contributed by atoms with Gasteiger partial charge in [0.15, 0.2) is 0 Å². The molecular formula is C20H28ClN5O2. The van der Waals surface area contributed by atoms with Gasteiger partial charge in [-0.05, 0) is 30.2 Å². The molecule has 8 heteroatoms. The van der Waals surface area contributed by atoms with Crippen molar-refractivity contribution in [3.8, 4) is 0 Å². The van der Waals surface area contributed by atoms with Gasteiger partial charge in [0.1, 0.15) is 0 Å². The first-order valence-corrected chi connectivity index (χ1v) is 9.26. The second-order valence-corrected chi connectivity index (χ2v) is 7.48. The lowest BCUT2D eigenvalue weighted by Crippen LogP contribution is -2.28. The average Bonchev–Trinajstić information content (AvgIpc) is 3.26. The summed E-state index contributed by atoms with van der Waals surface area (Å²) in [6, 6.07) is 5.56. The topological polar surface area (TPSA) is 88.1 Å². The van der Waals surface area contributed by atoms with Crippen LogP contribution in [0.5, 0.6) is 0 Å². The molecule has 1 aliphatic rings. The van der Waals surface area contributed by atoms with E-state index < -0.39 is 0 Å². The van der Waals surface area contributed by atoms with Crippen LogP contribution in [0, 0.1) is 18.8 Å². The van der Waals surface area contributed by atoms with Crippen LogP contribution < -0.4 is 16.0 Å². The van der Waals surface area contributed by atoms with Crippen molar-refractivity contribution in [1.29, 1.82) is 0 Å². The van der Waals surface area contributed by atoms with Crippen molar-refractivity contribution >= 4 is 35.6 Å². The van der Waals surface area contributed by atoms with E-state index in [9.17, 15) is 9.59 Å². The van der Waals surface area contributed by atoms with Crippen LogP contribution in [0.25, 0.3) is 0 Å². The van der Waals surface area contributed by atoms with Crippen LogP contribution in [-0.2, 0) is 16.6 Å². The molecule has 2 amide bonds. The molecule has 28 heavy (non-hydrogen) atoms. The van der Waals surface area contributed by atoms with Crippen LogP contribution in [0.15, 0.2) is 30.6 Å². The Morgan fingerprint density at radius 3 is 2.64 bits per heavy atom. The normalized spacial score (nSPS) is 18.6. The zero-order valence-electron chi connectivity index (χ0n) is 16.7. The van der Waals surface area contributed by atoms with E-state index in [1.54, 1.807) is 4.68 Å². The summed E-state index contributed by atoms with van der Waals surface area (Å²) in [6.07, 6.45) is 3.79. The van der Waals surface area contributed by atoms with Gasteiger partial charge in [-0.1, -0.05) is 19.9 Å². The minimum atomic E-state index is -0.164. The van der Waals surface area contributed by atoms with Gasteiger partial charge in [0.2, 0.25) is 11.8 Å². The molecule has 2 atom stereocenters. The quantitative estimate of drug-likeness (QED) is 0.713. The maximum atomic E-state index is 12.9. The first-order chi connectivity index (χ1) is 12.8. The van der Waals surface area contributed by atoms with Crippen molar-refractivity contribution in [2.75, 3.05) is 23.7 Å². The van der Waals surface area contributed by atoms with Crippen LogP contribution >= 0.6 is 12.4 Å². The second kappa shape index (κ2) is 9.21. The minimum Gasteiger partial charge on any atom is -0.326 e. The molecule has 0 unspecified atom stereocenters. The van der Waals surface area contributed by atoms with E-state index in [0.717, 1.165) is 23.4 Å². The van der Waals surface area contributed by atoms with E-state index >= 15 is 0 Å². The number of amides is 2. The van der Waals surface area contributed by atoms with Crippen LogP contribution in [0.1, 0.15) is 30.9 Å². The molecule has 7 nitrogen and oxygen atoms in total. The lowest BCUT2D eigenvalue weighted by atomic mass is 9.90. The van der Waals surface area contributed by atoms with Crippen molar-refractivity contribution in [2.45, 2.75) is 26.7 Å². The molecule has 0 saturated carbocycles. The Morgan fingerprint density at radius 1 is 1.25 bits per heavy atom.